The Bertz CT molecular complexity index is 630. The summed E-state index contributed by atoms with van der Waals surface area (Å²) in [6.45, 7) is 2.58. The summed E-state index contributed by atoms with van der Waals surface area (Å²) in [5.74, 6) is 0.163. The van der Waals surface area contributed by atoms with Crippen LogP contribution in [-0.2, 0) is 4.79 Å². The van der Waals surface area contributed by atoms with Gasteiger partial charge in [-0.05, 0) is 31.2 Å². The first-order valence-electron chi connectivity index (χ1n) is 8.95. The van der Waals surface area contributed by atoms with Crippen LogP contribution in [0.3, 0.4) is 0 Å². The molecular weight excluding hydrogens is 316 g/mol. The molecule has 3 nitrogen and oxygen atoms in total. The van der Waals surface area contributed by atoms with Gasteiger partial charge in [-0.25, -0.2) is 0 Å². The van der Waals surface area contributed by atoms with E-state index in [9.17, 15) is 4.79 Å². The van der Waals surface area contributed by atoms with Crippen molar-refractivity contribution in [2.75, 3.05) is 6.54 Å². The van der Waals surface area contributed by atoms with Crippen molar-refractivity contribution in [2.45, 2.75) is 51.1 Å². The quantitative estimate of drug-likeness (QED) is 0.831. The maximum atomic E-state index is 12.3. The lowest BCUT2D eigenvalue weighted by molar-refractivity contribution is -0.676. The van der Waals surface area contributed by atoms with Gasteiger partial charge in [0, 0.05) is 11.6 Å². The molecule has 0 spiro atoms. The van der Waals surface area contributed by atoms with E-state index in [-0.39, 0.29) is 11.9 Å². The van der Waals surface area contributed by atoms with E-state index in [2.05, 4.69) is 59.3 Å². The van der Waals surface area contributed by atoms with Crippen LogP contribution in [0.4, 0.5) is 0 Å². The lowest BCUT2D eigenvalue weighted by Crippen LogP contribution is -2.87. The van der Waals surface area contributed by atoms with E-state index < -0.39 is 0 Å². The van der Waals surface area contributed by atoms with Gasteiger partial charge >= 0.3 is 0 Å². The molecule has 1 fully saturated rings. The van der Waals surface area contributed by atoms with Gasteiger partial charge in [0.15, 0.2) is 6.54 Å². The number of rotatable bonds is 6. The summed E-state index contributed by atoms with van der Waals surface area (Å²) in [6, 6.07) is 13.5. The molecule has 24 heavy (non-hydrogen) atoms. The SMILES string of the molecule is Cc1ccc([C@@H]([NH2+]CC(=O)NC2CCCCC2)c2cccs2)cc1. The minimum Gasteiger partial charge on any atom is -0.348 e. The van der Waals surface area contributed by atoms with Crippen molar-refractivity contribution in [1.82, 2.24) is 5.32 Å². The maximum absolute atomic E-state index is 12.3. The molecule has 0 radical (unpaired) electrons. The fraction of sp³-hybridized carbons (Fsp3) is 0.450. The molecule has 2 aromatic rings. The summed E-state index contributed by atoms with van der Waals surface area (Å²) in [6.07, 6.45) is 6.08. The van der Waals surface area contributed by atoms with Gasteiger partial charge in [-0.1, -0.05) is 55.2 Å². The zero-order chi connectivity index (χ0) is 16.8. The molecule has 3 N–H and O–H groups in total. The van der Waals surface area contributed by atoms with Crippen molar-refractivity contribution in [3.05, 3.63) is 57.8 Å². The number of carbonyl (C=O) groups excluding carboxylic acids is 1. The molecule has 3 rings (SSSR count). The number of thiophene rings is 1. The van der Waals surface area contributed by atoms with Crippen molar-refractivity contribution in [2.24, 2.45) is 0 Å². The first-order valence-corrected chi connectivity index (χ1v) is 9.83. The topological polar surface area (TPSA) is 45.7 Å². The van der Waals surface area contributed by atoms with Crippen LogP contribution in [0.25, 0.3) is 0 Å². The Morgan fingerprint density at radius 2 is 1.96 bits per heavy atom. The van der Waals surface area contributed by atoms with E-state index in [4.69, 9.17) is 0 Å². The second kappa shape index (κ2) is 8.45. The van der Waals surface area contributed by atoms with Crippen LogP contribution in [0.5, 0.6) is 0 Å². The fourth-order valence-corrected chi connectivity index (χ4v) is 4.27. The number of aryl methyl sites for hydroxylation is 1. The molecule has 1 atom stereocenters. The van der Waals surface area contributed by atoms with Crippen LogP contribution in [0.2, 0.25) is 0 Å². The third-order valence-electron chi connectivity index (χ3n) is 4.80. The van der Waals surface area contributed by atoms with Crippen molar-refractivity contribution >= 4 is 17.2 Å². The summed E-state index contributed by atoms with van der Waals surface area (Å²) >= 11 is 1.75. The first-order chi connectivity index (χ1) is 11.7. The van der Waals surface area contributed by atoms with Crippen LogP contribution >= 0.6 is 11.3 Å². The van der Waals surface area contributed by atoms with E-state index >= 15 is 0 Å². The molecular formula is C20H27N2OS+. The smallest absolute Gasteiger partial charge is 0.275 e. The zero-order valence-electron chi connectivity index (χ0n) is 14.3. The summed E-state index contributed by atoms with van der Waals surface area (Å²) < 4.78 is 0. The molecule has 1 aliphatic rings. The molecule has 0 unspecified atom stereocenters. The summed E-state index contributed by atoms with van der Waals surface area (Å²) in [5, 5.41) is 7.48. The van der Waals surface area contributed by atoms with Crippen molar-refractivity contribution in [3.8, 4) is 0 Å². The molecule has 0 saturated heterocycles. The third kappa shape index (κ3) is 4.68. The van der Waals surface area contributed by atoms with E-state index in [0.717, 1.165) is 12.8 Å². The van der Waals surface area contributed by atoms with Gasteiger partial charge < -0.3 is 10.6 Å². The van der Waals surface area contributed by atoms with Crippen LogP contribution in [0.15, 0.2) is 41.8 Å². The predicted molar refractivity (Wildman–Crippen MR) is 99.1 cm³/mol. The summed E-state index contributed by atoms with van der Waals surface area (Å²) in [4.78, 5) is 13.6. The van der Waals surface area contributed by atoms with Crippen LogP contribution < -0.4 is 10.6 Å². The lowest BCUT2D eigenvalue weighted by atomic mass is 9.95. The second-order valence-corrected chi connectivity index (χ2v) is 7.73. The monoisotopic (exact) mass is 343 g/mol. The number of carbonyl (C=O) groups is 1. The highest BCUT2D eigenvalue weighted by Gasteiger charge is 2.21. The standard InChI is InChI=1S/C20H26N2OS/c1-15-9-11-16(12-10-15)20(18-8-5-13-24-18)21-14-19(23)22-17-6-3-2-4-7-17/h5,8-13,17,20-21H,2-4,6-7,14H2,1H3,(H,22,23)/p+1/t20-/m1/s1. The normalized spacial score (nSPS) is 16.7. The number of amides is 1. The average Bonchev–Trinajstić information content (AvgIpc) is 3.12. The molecule has 1 amide bonds. The van der Waals surface area contributed by atoms with Gasteiger partial charge in [-0.15, -0.1) is 11.3 Å². The van der Waals surface area contributed by atoms with Crippen molar-refractivity contribution in [1.29, 1.82) is 0 Å². The van der Waals surface area contributed by atoms with E-state index in [1.165, 1.54) is 35.3 Å². The van der Waals surface area contributed by atoms with Gasteiger partial charge in [0.05, 0.1) is 4.88 Å². The maximum Gasteiger partial charge on any atom is 0.275 e. The lowest BCUT2D eigenvalue weighted by Gasteiger charge is -2.23. The molecule has 1 aromatic heterocycles. The minimum atomic E-state index is 0.163. The molecule has 1 aromatic carbocycles. The number of nitrogens with two attached hydrogens (primary N) is 1. The summed E-state index contributed by atoms with van der Waals surface area (Å²) in [5.41, 5.74) is 2.52. The Hall–Kier alpha value is -1.65. The fourth-order valence-electron chi connectivity index (χ4n) is 3.42. The Labute approximate surface area is 148 Å². The highest BCUT2D eigenvalue weighted by atomic mass is 32.1. The molecule has 0 bridgehead atoms. The highest BCUT2D eigenvalue weighted by molar-refractivity contribution is 7.10. The number of hydrogen-bond acceptors (Lipinski definition) is 2. The van der Waals surface area contributed by atoms with E-state index in [0.29, 0.717) is 12.6 Å². The van der Waals surface area contributed by atoms with Crippen molar-refractivity contribution < 1.29 is 10.1 Å². The molecule has 1 aliphatic carbocycles. The molecule has 0 aliphatic heterocycles. The third-order valence-corrected chi connectivity index (χ3v) is 5.75. The largest absolute Gasteiger partial charge is 0.348 e. The predicted octanol–water partition coefficient (Wildman–Crippen LogP) is 3.16. The Kier molecular flexibility index (Phi) is 6.05. The second-order valence-electron chi connectivity index (χ2n) is 6.75. The van der Waals surface area contributed by atoms with E-state index in [1.54, 1.807) is 11.3 Å². The Balaban J connectivity index is 1.62. The van der Waals surface area contributed by atoms with Gasteiger partial charge in [-0.3, -0.25) is 4.79 Å². The van der Waals surface area contributed by atoms with Crippen molar-refractivity contribution in [3.63, 3.8) is 0 Å². The highest BCUT2D eigenvalue weighted by Crippen LogP contribution is 2.23. The van der Waals surface area contributed by atoms with Crippen LogP contribution in [0.1, 0.15) is 54.1 Å². The number of benzene rings is 1. The summed E-state index contributed by atoms with van der Waals surface area (Å²) in [7, 11) is 0. The Morgan fingerprint density at radius 1 is 1.21 bits per heavy atom. The van der Waals surface area contributed by atoms with Crippen LogP contribution in [0, 0.1) is 6.92 Å². The van der Waals surface area contributed by atoms with Gasteiger partial charge in [0.2, 0.25) is 0 Å². The first kappa shape index (κ1) is 17.2. The number of quaternary nitrogens is 1. The van der Waals surface area contributed by atoms with Gasteiger partial charge in [0.25, 0.3) is 5.91 Å². The average molecular weight is 344 g/mol. The minimum absolute atomic E-state index is 0.163. The van der Waals surface area contributed by atoms with Gasteiger partial charge in [0.1, 0.15) is 6.04 Å². The van der Waals surface area contributed by atoms with E-state index in [1.807, 2.05) is 0 Å². The van der Waals surface area contributed by atoms with Gasteiger partial charge in [-0.2, -0.15) is 0 Å². The number of hydrogen-bond donors (Lipinski definition) is 2. The molecule has 1 heterocycles. The molecule has 4 heteroatoms. The van der Waals surface area contributed by atoms with Crippen LogP contribution in [-0.4, -0.2) is 18.5 Å². The molecule has 128 valence electrons. The Morgan fingerprint density at radius 3 is 2.62 bits per heavy atom. The molecule has 1 saturated carbocycles. The zero-order valence-corrected chi connectivity index (χ0v) is 15.1. The number of nitrogens with one attached hydrogen (secondary N) is 1.